The summed E-state index contributed by atoms with van der Waals surface area (Å²) in [6.45, 7) is 5.63. The number of carbonyl (C=O) groups is 1. The van der Waals surface area contributed by atoms with Gasteiger partial charge in [0.05, 0.1) is 5.92 Å². The predicted molar refractivity (Wildman–Crippen MR) is 151 cm³/mol. The number of rotatable bonds is 8. The minimum atomic E-state index is -0.144. The highest BCUT2D eigenvalue weighted by molar-refractivity contribution is 6.30. The third kappa shape index (κ3) is 7.01. The van der Waals surface area contributed by atoms with Gasteiger partial charge in [-0.2, -0.15) is 0 Å². The molecule has 0 N–H and O–H groups in total. The molecule has 0 spiro atoms. The van der Waals surface area contributed by atoms with Gasteiger partial charge in [-0.05, 0) is 79.1 Å². The fourth-order valence-electron chi connectivity index (χ4n) is 5.42. The lowest BCUT2D eigenvalue weighted by Gasteiger charge is -2.32. The summed E-state index contributed by atoms with van der Waals surface area (Å²) in [4.78, 5) is 17.5. The Kier molecular flexibility index (Phi) is 8.60. The topological polar surface area (TPSA) is 32.8 Å². The maximum Gasteiger partial charge on any atom is 0.309 e. The molecule has 194 valence electrons. The van der Waals surface area contributed by atoms with Gasteiger partial charge in [0.2, 0.25) is 0 Å². The first-order valence-electron chi connectivity index (χ1n) is 13.6. The van der Waals surface area contributed by atoms with Crippen molar-refractivity contribution in [3.05, 3.63) is 94.5 Å². The number of carbonyl (C=O) groups excluding carboxylic acids is 1. The Morgan fingerprint density at radius 1 is 0.811 bits per heavy atom. The van der Waals surface area contributed by atoms with E-state index in [4.69, 9.17) is 16.3 Å². The molecule has 0 aliphatic carbocycles. The fraction of sp³-hybridized carbons (Fsp3) is 0.406. The molecule has 2 saturated heterocycles. The van der Waals surface area contributed by atoms with Crippen LogP contribution in [0.2, 0.25) is 5.02 Å². The van der Waals surface area contributed by atoms with Crippen molar-refractivity contribution in [2.24, 2.45) is 5.92 Å². The maximum absolute atomic E-state index is 12.6. The van der Waals surface area contributed by atoms with Gasteiger partial charge in [0.25, 0.3) is 0 Å². The molecule has 37 heavy (non-hydrogen) atoms. The molecule has 0 saturated carbocycles. The third-order valence-electron chi connectivity index (χ3n) is 7.87. The molecule has 2 atom stereocenters. The molecule has 0 aromatic heterocycles. The Bertz CT molecular complexity index is 1150. The van der Waals surface area contributed by atoms with Crippen LogP contribution in [-0.2, 0) is 22.5 Å². The largest absolute Gasteiger partial charge is 0.457 e. The van der Waals surface area contributed by atoms with Crippen LogP contribution in [0.25, 0.3) is 11.1 Å². The summed E-state index contributed by atoms with van der Waals surface area (Å²) < 4.78 is 5.76. The van der Waals surface area contributed by atoms with Gasteiger partial charge in [-0.3, -0.25) is 9.69 Å². The smallest absolute Gasteiger partial charge is 0.309 e. The summed E-state index contributed by atoms with van der Waals surface area (Å²) in [5, 5.41) is 0.700. The Morgan fingerprint density at radius 3 is 2.05 bits per heavy atom. The van der Waals surface area contributed by atoms with E-state index in [1.807, 2.05) is 24.3 Å². The first kappa shape index (κ1) is 26.0. The molecular formula is C32H37ClN2O2. The molecule has 0 bridgehead atoms. The minimum Gasteiger partial charge on any atom is -0.457 e. The van der Waals surface area contributed by atoms with Crippen LogP contribution in [0.15, 0.2) is 72.8 Å². The molecule has 3 aromatic rings. The first-order valence-corrected chi connectivity index (χ1v) is 14.0. The van der Waals surface area contributed by atoms with E-state index in [0.717, 1.165) is 70.4 Å². The zero-order valence-electron chi connectivity index (χ0n) is 21.7. The molecule has 2 aliphatic rings. The van der Waals surface area contributed by atoms with Crippen molar-refractivity contribution in [2.45, 2.75) is 44.8 Å². The second-order valence-electron chi connectivity index (χ2n) is 10.6. The highest BCUT2D eigenvalue weighted by Gasteiger charge is 2.30. The van der Waals surface area contributed by atoms with E-state index in [9.17, 15) is 4.79 Å². The van der Waals surface area contributed by atoms with Gasteiger partial charge in [0.15, 0.2) is 0 Å². The van der Waals surface area contributed by atoms with Gasteiger partial charge in [0, 0.05) is 37.7 Å². The summed E-state index contributed by atoms with van der Waals surface area (Å²) in [7, 11) is 2.20. The van der Waals surface area contributed by atoms with E-state index >= 15 is 0 Å². The van der Waals surface area contributed by atoms with Crippen LogP contribution in [-0.4, -0.2) is 49.0 Å². The van der Waals surface area contributed by atoms with Gasteiger partial charge >= 0.3 is 5.97 Å². The van der Waals surface area contributed by atoms with Gasteiger partial charge in [-0.1, -0.05) is 72.3 Å². The molecule has 2 aliphatic heterocycles. The van der Waals surface area contributed by atoms with Gasteiger partial charge in [-0.25, -0.2) is 0 Å². The number of esters is 1. The van der Waals surface area contributed by atoms with Gasteiger partial charge in [0.1, 0.15) is 6.10 Å². The van der Waals surface area contributed by atoms with Crippen molar-refractivity contribution in [1.29, 1.82) is 0 Å². The number of hydrogen-bond acceptors (Lipinski definition) is 4. The number of nitrogens with zero attached hydrogens (tertiary/aromatic N) is 2. The second-order valence-corrected chi connectivity index (χ2v) is 11.1. The molecule has 4 nitrogen and oxygen atoms in total. The summed E-state index contributed by atoms with van der Waals surface area (Å²) in [5.41, 5.74) is 6.23. The molecular weight excluding hydrogens is 480 g/mol. The Labute approximate surface area is 226 Å². The fourth-order valence-corrected chi connectivity index (χ4v) is 5.55. The number of likely N-dealkylation sites (N-methyl/N-ethyl adjacent to an activating group) is 1. The van der Waals surface area contributed by atoms with Crippen LogP contribution < -0.4 is 0 Å². The Morgan fingerprint density at radius 2 is 1.43 bits per heavy atom. The SMILES string of the molecule is CN1CCN(Cc2ccc(-c3ccc(CCCC4CCC(c5ccc(Cl)cc5)OC4=O)cc3)cc2)CC1. The molecule has 2 heterocycles. The van der Waals surface area contributed by atoms with E-state index in [-0.39, 0.29) is 18.0 Å². The molecule has 2 unspecified atom stereocenters. The molecule has 3 aromatic carbocycles. The molecule has 0 radical (unpaired) electrons. The lowest BCUT2D eigenvalue weighted by atomic mass is 9.90. The van der Waals surface area contributed by atoms with Crippen molar-refractivity contribution >= 4 is 17.6 Å². The number of cyclic esters (lactones) is 1. The Balaban J connectivity index is 1.07. The number of aryl methyl sites for hydroxylation is 1. The first-order chi connectivity index (χ1) is 18.0. The summed E-state index contributed by atoms with van der Waals surface area (Å²) >= 11 is 5.98. The molecule has 5 rings (SSSR count). The second kappa shape index (κ2) is 12.3. The van der Waals surface area contributed by atoms with Crippen molar-refractivity contribution in [1.82, 2.24) is 9.80 Å². The summed E-state index contributed by atoms with van der Waals surface area (Å²) in [6.07, 6.45) is 4.47. The number of piperazine rings is 1. The van der Waals surface area contributed by atoms with Crippen LogP contribution in [0, 0.1) is 5.92 Å². The normalized spacial score (nSPS) is 21.1. The highest BCUT2D eigenvalue weighted by Crippen LogP contribution is 2.34. The number of halogens is 1. The van der Waals surface area contributed by atoms with Crippen LogP contribution in [0.3, 0.4) is 0 Å². The zero-order valence-corrected chi connectivity index (χ0v) is 22.5. The van der Waals surface area contributed by atoms with E-state index in [1.165, 1.54) is 22.3 Å². The van der Waals surface area contributed by atoms with E-state index in [0.29, 0.717) is 5.02 Å². The quantitative estimate of drug-likeness (QED) is 0.309. The predicted octanol–water partition coefficient (Wildman–Crippen LogP) is 6.77. The van der Waals surface area contributed by atoms with Crippen molar-refractivity contribution in [2.75, 3.05) is 33.2 Å². The minimum absolute atomic E-state index is 0.00665. The lowest BCUT2D eigenvalue weighted by Crippen LogP contribution is -2.43. The maximum atomic E-state index is 12.6. The standard InChI is InChI=1S/C32H37ClN2O2/c1-34-19-21-35(22-20-34)23-25-7-11-27(12-8-25)26-9-5-24(6-10-26)3-2-4-29-15-18-31(37-32(29)36)28-13-16-30(33)17-14-28/h5-14,16-17,29,31H,2-4,15,18-23H2,1H3. The van der Waals surface area contributed by atoms with Crippen LogP contribution in [0.4, 0.5) is 0 Å². The number of benzene rings is 3. The monoisotopic (exact) mass is 516 g/mol. The van der Waals surface area contributed by atoms with Crippen molar-refractivity contribution in [3.8, 4) is 11.1 Å². The highest BCUT2D eigenvalue weighted by atomic mass is 35.5. The van der Waals surface area contributed by atoms with Gasteiger partial charge < -0.3 is 9.64 Å². The third-order valence-corrected chi connectivity index (χ3v) is 8.12. The van der Waals surface area contributed by atoms with E-state index < -0.39 is 0 Å². The van der Waals surface area contributed by atoms with E-state index in [1.54, 1.807) is 0 Å². The number of ether oxygens (including phenoxy) is 1. The average Bonchev–Trinajstić information content (AvgIpc) is 2.92. The number of hydrogen-bond donors (Lipinski definition) is 0. The summed E-state index contributed by atoms with van der Waals surface area (Å²) in [6, 6.07) is 25.5. The van der Waals surface area contributed by atoms with Gasteiger partial charge in [-0.15, -0.1) is 0 Å². The molecule has 5 heteroatoms. The molecule has 2 fully saturated rings. The van der Waals surface area contributed by atoms with Crippen LogP contribution in [0.1, 0.15) is 48.5 Å². The Hall–Kier alpha value is -2.66. The average molecular weight is 517 g/mol. The van der Waals surface area contributed by atoms with Crippen molar-refractivity contribution in [3.63, 3.8) is 0 Å². The van der Waals surface area contributed by atoms with Crippen LogP contribution >= 0.6 is 11.6 Å². The van der Waals surface area contributed by atoms with E-state index in [2.05, 4.69) is 65.4 Å². The zero-order chi connectivity index (χ0) is 25.6. The summed E-state index contributed by atoms with van der Waals surface area (Å²) in [5.74, 6) is -0.0511. The molecule has 0 amide bonds. The van der Waals surface area contributed by atoms with Crippen molar-refractivity contribution < 1.29 is 9.53 Å². The lowest BCUT2D eigenvalue weighted by molar-refractivity contribution is -0.161. The van der Waals surface area contributed by atoms with Crippen LogP contribution in [0.5, 0.6) is 0 Å².